The summed E-state index contributed by atoms with van der Waals surface area (Å²) in [5.41, 5.74) is 0.523. The molecule has 0 spiro atoms. The number of rotatable bonds is 17. The molecule has 3 aromatic rings. The fourth-order valence-electron chi connectivity index (χ4n) is 8.63. The van der Waals surface area contributed by atoms with E-state index in [1.807, 2.05) is 0 Å². The summed E-state index contributed by atoms with van der Waals surface area (Å²) in [6.45, 7) is 4.70. The Morgan fingerprint density at radius 1 is 0.983 bits per heavy atom. The van der Waals surface area contributed by atoms with Crippen molar-refractivity contribution in [3.05, 3.63) is 54.5 Å². The number of nitrogens with two attached hydrogens (primary N) is 1. The first-order chi connectivity index (χ1) is 27.9. The molecule has 0 bridgehead atoms. The maximum atomic E-state index is 15.1. The molecule has 2 saturated carbocycles. The second kappa shape index (κ2) is 17.3. The van der Waals surface area contributed by atoms with Gasteiger partial charge in [-0.25, -0.2) is 14.1 Å². The first kappa shape index (κ1) is 43.5. The van der Waals surface area contributed by atoms with E-state index in [-0.39, 0.29) is 28.9 Å². The molecule has 2 aliphatic carbocycles. The summed E-state index contributed by atoms with van der Waals surface area (Å²) in [6.07, 6.45) is 4.39. The second-order valence-electron chi connectivity index (χ2n) is 16.5. The van der Waals surface area contributed by atoms with Crippen LogP contribution in [0.15, 0.2) is 48.8 Å². The molecule has 18 nitrogen and oxygen atoms in total. The Kier molecular flexibility index (Phi) is 12.7. The number of nitrogen functional groups attached to an aromatic ring is 1. The second-order valence-corrected chi connectivity index (χ2v) is 18.2. The lowest BCUT2D eigenvalue weighted by Crippen LogP contribution is -2.52. The maximum absolute atomic E-state index is 15.1. The van der Waals surface area contributed by atoms with E-state index in [4.69, 9.17) is 29.0 Å². The van der Waals surface area contributed by atoms with Crippen molar-refractivity contribution < 1.29 is 57.2 Å². The number of ether oxygens (including phenoxy) is 3. The number of hydrogen-bond acceptors (Lipinski definition) is 14. The summed E-state index contributed by atoms with van der Waals surface area (Å²) in [5.74, 6) is -7.00. The summed E-state index contributed by atoms with van der Waals surface area (Å²) in [7, 11) is -4.81. The molecular weight excluding hydrogens is 787 g/mol. The fourth-order valence-corrected chi connectivity index (χ4v) is 10.1. The molecule has 1 aliphatic heterocycles. The highest BCUT2D eigenvalue weighted by Gasteiger charge is 2.68. The van der Waals surface area contributed by atoms with Crippen LogP contribution in [0.4, 0.5) is 5.82 Å². The van der Waals surface area contributed by atoms with Crippen molar-refractivity contribution in [2.45, 2.75) is 115 Å². The number of nitrogens with zero attached hydrogens (tertiary/aromatic N) is 4. The van der Waals surface area contributed by atoms with E-state index in [1.165, 1.54) is 56.5 Å². The van der Waals surface area contributed by atoms with Crippen LogP contribution in [0.3, 0.4) is 0 Å². The van der Waals surface area contributed by atoms with E-state index >= 15 is 4.57 Å². The number of anilines is 1. The number of benzene rings is 1. The first-order valence-corrected chi connectivity index (χ1v) is 21.3. The molecule has 3 fully saturated rings. The number of esters is 2. The average molecular weight is 839 g/mol. The van der Waals surface area contributed by atoms with Crippen LogP contribution in [0.5, 0.6) is 5.75 Å². The molecule has 6 rings (SSSR count). The monoisotopic (exact) mass is 838 g/mol. The van der Waals surface area contributed by atoms with Gasteiger partial charge in [0, 0.05) is 11.8 Å². The number of nitrogens with one attached hydrogen (secondary N) is 1. The van der Waals surface area contributed by atoms with Crippen LogP contribution >= 0.6 is 7.75 Å². The van der Waals surface area contributed by atoms with Gasteiger partial charge in [-0.3, -0.25) is 23.7 Å². The highest BCUT2D eigenvalue weighted by molar-refractivity contribution is 7.52. The van der Waals surface area contributed by atoms with E-state index in [2.05, 4.69) is 21.2 Å². The zero-order valence-electron chi connectivity index (χ0n) is 33.4. The number of aromatic nitrogens is 3. The molecule has 318 valence electrons. The first-order valence-electron chi connectivity index (χ1n) is 19.7. The summed E-state index contributed by atoms with van der Waals surface area (Å²) >= 11 is 0. The molecule has 5 N–H and O–H groups in total. The minimum absolute atomic E-state index is 0.0365. The van der Waals surface area contributed by atoms with Gasteiger partial charge in [-0.1, -0.05) is 18.2 Å². The maximum Gasteiger partial charge on any atom is 0.459 e. The Balaban J connectivity index is 1.41. The van der Waals surface area contributed by atoms with Crippen LogP contribution < -0.4 is 15.3 Å². The highest BCUT2D eigenvalue weighted by atomic mass is 31.2. The molecule has 1 saturated heterocycles. The molecule has 3 heterocycles. The van der Waals surface area contributed by atoms with Crippen LogP contribution in [-0.2, 0) is 48.1 Å². The van der Waals surface area contributed by atoms with Gasteiger partial charge in [0.2, 0.25) is 5.60 Å². The zero-order valence-corrected chi connectivity index (χ0v) is 34.3. The lowest BCUT2D eigenvalue weighted by molar-refractivity contribution is -0.161. The predicted molar refractivity (Wildman–Crippen MR) is 208 cm³/mol. The molecule has 59 heavy (non-hydrogen) atoms. The lowest BCUT2D eigenvalue weighted by Gasteiger charge is -2.42. The Labute approximate surface area is 341 Å². The number of hydrogen-bond donors (Lipinski definition) is 4. The van der Waals surface area contributed by atoms with Crippen molar-refractivity contribution in [1.29, 1.82) is 5.26 Å². The Morgan fingerprint density at radius 3 is 2.19 bits per heavy atom. The van der Waals surface area contributed by atoms with Gasteiger partial charge in [-0.15, -0.1) is 0 Å². The third-order valence-electron chi connectivity index (χ3n) is 11.8. The van der Waals surface area contributed by atoms with Gasteiger partial charge in [-0.2, -0.15) is 15.4 Å². The number of fused-ring (bicyclic) bond motifs is 1. The average Bonchev–Trinajstić information content (AvgIpc) is 4.02. The molecule has 0 radical (unpaired) electrons. The van der Waals surface area contributed by atoms with Crippen LogP contribution in [0.1, 0.15) is 91.2 Å². The number of carboxylic acids is 2. The Hall–Kier alpha value is -5.08. The molecule has 1 unspecified atom stereocenters. The topological polar surface area (TPSA) is 264 Å². The van der Waals surface area contributed by atoms with Crippen LogP contribution in [0.2, 0.25) is 0 Å². The minimum atomic E-state index is -4.81. The standard InChI is InChI=1S/C40H51N6O12P/c1-38(2,36(49)50)32-29(57-40(22-41,33(32)39(3,4)37(51)52)30-19-18-28-34(42)43-23-44-46(28)30)21-54-59(53,58-26-16-6-5-7-17-26)45-27(35(48)56-25-14-10-11-15-25)20-31(47)55-24-12-8-9-13-24/h5-7,16-19,23-25,27,29,32-33H,8-15,20-21H2,1-4H3,(H,45,53)(H,49,50)(H,51,52)(H2,42,43,44)/t27-,29-,32+,33+,40-,59?/m0/s1. The summed E-state index contributed by atoms with van der Waals surface area (Å²) < 4.78 is 46.4. The molecule has 3 aliphatic rings. The molecule has 0 amide bonds. The van der Waals surface area contributed by atoms with Crippen molar-refractivity contribution in [1.82, 2.24) is 19.7 Å². The van der Waals surface area contributed by atoms with Gasteiger partial charge in [0.05, 0.1) is 35.7 Å². The number of carbonyl (C=O) groups is 4. The third kappa shape index (κ3) is 8.94. The third-order valence-corrected chi connectivity index (χ3v) is 13.4. The van der Waals surface area contributed by atoms with Crippen LogP contribution in [0.25, 0.3) is 5.52 Å². The highest BCUT2D eigenvalue weighted by Crippen LogP contribution is 2.60. The molecule has 1 aromatic carbocycles. The lowest BCUT2D eigenvalue weighted by atomic mass is 9.57. The van der Waals surface area contributed by atoms with Gasteiger partial charge in [0.1, 0.15) is 41.9 Å². The molecule has 19 heteroatoms. The number of carbonyl (C=O) groups excluding carboxylic acids is 2. The quantitative estimate of drug-likeness (QED) is 0.0978. The van der Waals surface area contributed by atoms with Crippen molar-refractivity contribution in [2.24, 2.45) is 22.7 Å². The number of carboxylic acid groups (broad SMARTS) is 2. The van der Waals surface area contributed by atoms with Crippen molar-refractivity contribution in [3.63, 3.8) is 0 Å². The van der Waals surface area contributed by atoms with Crippen LogP contribution in [-0.4, -0.2) is 79.6 Å². The summed E-state index contributed by atoms with van der Waals surface area (Å²) in [6, 6.07) is 11.4. The molecule has 2 aromatic heterocycles. The van der Waals surface area contributed by atoms with E-state index < -0.39 is 91.2 Å². The van der Waals surface area contributed by atoms with Gasteiger partial charge >= 0.3 is 31.6 Å². The zero-order chi connectivity index (χ0) is 42.8. The van der Waals surface area contributed by atoms with E-state index in [1.54, 1.807) is 18.2 Å². The summed E-state index contributed by atoms with van der Waals surface area (Å²) in [5, 5.41) is 39.4. The SMILES string of the molecule is CC(C)(C(=O)O)[C@@H]1[C@H](COP(=O)(N[C@@H](CC(=O)OC2CCCC2)C(=O)OC2CCCC2)Oc2ccccc2)O[C@@](C#N)(c2ccc3c(N)ncnn23)[C@H]1C(C)(C)C(=O)O. The van der Waals surface area contributed by atoms with E-state index in [0.717, 1.165) is 32.0 Å². The largest absolute Gasteiger partial charge is 0.481 e. The number of para-hydroxylation sites is 1. The number of nitriles is 1. The smallest absolute Gasteiger partial charge is 0.459 e. The number of aliphatic carboxylic acids is 2. The fraction of sp³-hybridized carbons (Fsp3) is 0.575. The van der Waals surface area contributed by atoms with E-state index in [0.29, 0.717) is 25.7 Å². The van der Waals surface area contributed by atoms with Crippen LogP contribution in [0, 0.1) is 34.0 Å². The predicted octanol–water partition coefficient (Wildman–Crippen LogP) is 5.41. The van der Waals surface area contributed by atoms with Crippen molar-refractivity contribution >= 4 is 43.0 Å². The van der Waals surface area contributed by atoms with Gasteiger partial charge in [-0.05, 0) is 103 Å². The Morgan fingerprint density at radius 2 is 1.59 bits per heavy atom. The van der Waals surface area contributed by atoms with Gasteiger partial charge < -0.3 is 34.7 Å². The minimum Gasteiger partial charge on any atom is -0.481 e. The van der Waals surface area contributed by atoms with Gasteiger partial charge in [0.25, 0.3) is 0 Å². The molecular formula is C40H51N6O12P. The summed E-state index contributed by atoms with van der Waals surface area (Å²) in [4.78, 5) is 57.3. The molecule has 6 atom stereocenters. The Bertz CT molecular complexity index is 2130. The van der Waals surface area contributed by atoms with Crippen molar-refractivity contribution in [2.75, 3.05) is 12.3 Å². The normalized spacial score (nSPS) is 24.3. The van der Waals surface area contributed by atoms with E-state index in [9.17, 15) is 34.7 Å². The van der Waals surface area contributed by atoms with Gasteiger partial charge in [0.15, 0.2) is 5.82 Å². The van der Waals surface area contributed by atoms with Crippen molar-refractivity contribution in [3.8, 4) is 11.8 Å².